The summed E-state index contributed by atoms with van der Waals surface area (Å²) in [6, 6.07) is 33.0. The third-order valence-electron chi connectivity index (χ3n) is 11.2. The standard InChI is InChI=1S/C25H23ClN2O2.C22H26N2O2.C9H16/c1-15-9-8-12-20(26)21(15)23-27-24(30-28-23)19-14-17(25(2,3)4)13-18(22(19)29)16-10-6-5-7-11-16;1-21(2,3)15-12-16(18(25)17(13-15)22(4,5)6)19-23-20(26-24-19)14-10-8-7-9-11-14;1-5-8(3)7-9(4)6-2/h5-14,29H,1-4H3;7-13,25H,1-6H3;5-6H,7H2,1-4H3/b;;8-5+,9-6+. The van der Waals surface area contributed by atoms with E-state index in [0.717, 1.165) is 50.9 Å². The van der Waals surface area contributed by atoms with Crippen molar-refractivity contribution >= 4 is 11.6 Å². The number of aryl methyl sites for hydroxylation is 1. The van der Waals surface area contributed by atoms with Crippen molar-refractivity contribution in [2.45, 2.75) is 120 Å². The lowest BCUT2D eigenvalue weighted by atomic mass is 9.79. The Labute approximate surface area is 391 Å². The molecule has 0 bridgehead atoms. The Kier molecular flexibility index (Phi) is 15.9. The molecule has 2 aromatic heterocycles. The predicted octanol–water partition coefficient (Wildman–Crippen LogP) is 16.0. The molecular formula is C56H65ClN4O4. The van der Waals surface area contributed by atoms with E-state index in [4.69, 9.17) is 20.6 Å². The largest absolute Gasteiger partial charge is 0.507 e. The summed E-state index contributed by atoms with van der Waals surface area (Å²) in [5, 5.41) is 30.9. The van der Waals surface area contributed by atoms with Gasteiger partial charge in [-0.3, -0.25) is 0 Å². The third-order valence-corrected chi connectivity index (χ3v) is 11.5. The van der Waals surface area contributed by atoms with E-state index in [-0.39, 0.29) is 33.6 Å². The average Bonchev–Trinajstić information content (AvgIpc) is 3.95. The third kappa shape index (κ3) is 12.5. The molecule has 0 aliphatic carbocycles. The van der Waals surface area contributed by atoms with Gasteiger partial charge in [0.15, 0.2) is 0 Å². The topological polar surface area (TPSA) is 118 Å². The van der Waals surface area contributed by atoms with Crippen LogP contribution in [0.1, 0.15) is 119 Å². The second-order valence-electron chi connectivity index (χ2n) is 19.5. The first-order valence-electron chi connectivity index (χ1n) is 22.1. The van der Waals surface area contributed by atoms with Crippen molar-refractivity contribution in [1.82, 2.24) is 20.3 Å². The van der Waals surface area contributed by atoms with E-state index in [0.29, 0.717) is 33.7 Å². The van der Waals surface area contributed by atoms with Crippen molar-refractivity contribution in [2.75, 3.05) is 0 Å². The normalized spacial score (nSPS) is 12.3. The number of aromatic hydroxyl groups is 2. The first-order chi connectivity index (χ1) is 30.5. The molecule has 0 spiro atoms. The van der Waals surface area contributed by atoms with E-state index >= 15 is 0 Å². The van der Waals surface area contributed by atoms with Crippen molar-refractivity contribution in [1.29, 1.82) is 0 Å². The summed E-state index contributed by atoms with van der Waals surface area (Å²) in [6.45, 7) is 29.5. The molecule has 340 valence electrons. The molecule has 0 radical (unpaired) electrons. The van der Waals surface area contributed by atoms with Crippen molar-refractivity contribution in [2.24, 2.45) is 0 Å². The van der Waals surface area contributed by atoms with Crippen LogP contribution >= 0.6 is 11.6 Å². The summed E-state index contributed by atoms with van der Waals surface area (Å²) >= 11 is 6.37. The van der Waals surface area contributed by atoms with E-state index in [1.165, 1.54) is 11.1 Å². The van der Waals surface area contributed by atoms with Gasteiger partial charge in [0.05, 0.1) is 16.1 Å². The first kappa shape index (κ1) is 49.8. The maximum absolute atomic E-state index is 11.1. The van der Waals surface area contributed by atoms with Gasteiger partial charge in [-0.05, 0) is 116 Å². The van der Waals surface area contributed by atoms with Crippen LogP contribution in [0.5, 0.6) is 11.5 Å². The molecule has 7 aromatic rings. The summed E-state index contributed by atoms with van der Waals surface area (Å²) < 4.78 is 11.0. The fourth-order valence-electron chi connectivity index (χ4n) is 6.90. The second-order valence-corrected chi connectivity index (χ2v) is 20.0. The van der Waals surface area contributed by atoms with Crippen LogP contribution in [0.25, 0.3) is 56.8 Å². The summed E-state index contributed by atoms with van der Waals surface area (Å²) in [6.07, 6.45) is 5.45. The van der Waals surface area contributed by atoms with Crippen molar-refractivity contribution in [3.05, 3.63) is 154 Å². The molecule has 0 saturated heterocycles. The molecule has 9 heteroatoms. The number of benzene rings is 5. The van der Waals surface area contributed by atoms with Crippen LogP contribution in [0.15, 0.2) is 135 Å². The SMILES string of the molecule is C/C=C(\C)C/C(C)=C/C.CC(C)(C)c1cc(-c2noc(-c3ccccc3)n2)c(O)c(C(C)(C)C)c1.Cc1cccc(Cl)c1-c1noc(-c2cc(C(C)(C)C)cc(-c3ccccc3)c2O)n1. The van der Waals surface area contributed by atoms with Crippen LogP contribution in [0.3, 0.4) is 0 Å². The maximum atomic E-state index is 11.1. The van der Waals surface area contributed by atoms with Crippen molar-refractivity contribution in [3.8, 4) is 68.3 Å². The van der Waals surface area contributed by atoms with Gasteiger partial charge in [-0.2, -0.15) is 9.97 Å². The molecule has 5 aromatic carbocycles. The number of phenolic OH excluding ortho intramolecular Hbond substituents is 2. The molecule has 0 fully saturated rings. The number of rotatable bonds is 7. The van der Waals surface area contributed by atoms with E-state index < -0.39 is 0 Å². The van der Waals surface area contributed by atoms with Gasteiger partial charge in [-0.15, -0.1) is 0 Å². The first-order valence-corrected chi connectivity index (χ1v) is 22.4. The maximum Gasteiger partial charge on any atom is 0.262 e. The summed E-state index contributed by atoms with van der Waals surface area (Å²) in [5.41, 5.74) is 10.9. The van der Waals surface area contributed by atoms with Crippen LogP contribution in [0.4, 0.5) is 0 Å². The highest BCUT2D eigenvalue weighted by Crippen LogP contribution is 2.43. The van der Waals surface area contributed by atoms with Gasteiger partial charge >= 0.3 is 0 Å². The minimum atomic E-state index is -0.202. The second kappa shape index (κ2) is 20.7. The van der Waals surface area contributed by atoms with E-state index in [2.05, 4.69) is 129 Å². The molecule has 2 heterocycles. The van der Waals surface area contributed by atoms with Gasteiger partial charge in [-0.1, -0.05) is 174 Å². The smallest absolute Gasteiger partial charge is 0.262 e. The molecule has 8 nitrogen and oxygen atoms in total. The quantitative estimate of drug-likeness (QED) is 0.152. The predicted molar refractivity (Wildman–Crippen MR) is 268 cm³/mol. The van der Waals surface area contributed by atoms with Crippen LogP contribution in [0.2, 0.25) is 5.02 Å². The monoisotopic (exact) mass is 892 g/mol. The zero-order chi connectivity index (χ0) is 47.9. The van der Waals surface area contributed by atoms with Gasteiger partial charge in [0.1, 0.15) is 11.5 Å². The van der Waals surface area contributed by atoms with Crippen molar-refractivity contribution in [3.63, 3.8) is 0 Å². The Bertz CT molecular complexity index is 2730. The highest BCUT2D eigenvalue weighted by Gasteiger charge is 2.28. The van der Waals surface area contributed by atoms with Crippen LogP contribution in [-0.2, 0) is 16.2 Å². The highest BCUT2D eigenvalue weighted by atomic mass is 35.5. The molecule has 0 aliphatic heterocycles. The van der Waals surface area contributed by atoms with Gasteiger partial charge in [-0.25, -0.2) is 0 Å². The Morgan fingerprint density at radius 2 is 1.06 bits per heavy atom. The number of allylic oxidation sites excluding steroid dienone is 4. The van der Waals surface area contributed by atoms with E-state index in [1.807, 2.05) is 97.9 Å². The Balaban J connectivity index is 0.000000207. The summed E-state index contributed by atoms with van der Waals surface area (Å²) in [4.78, 5) is 9.09. The highest BCUT2D eigenvalue weighted by molar-refractivity contribution is 6.33. The number of hydrogen-bond donors (Lipinski definition) is 2. The minimum absolute atomic E-state index is 0.0611. The molecular weight excluding hydrogens is 828 g/mol. The van der Waals surface area contributed by atoms with Gasteiger partial charge in [0, 0.05) is 22.3 Å². The zero-order valence-corrected chi connectivity index (χ0v) is 41.3. The van der Waals surface area contributed by atoms with Crippen molar-refractivity contribution < 1.29 is 19.3 Å². The van der Waals surface area contributed by atoms with Gasteiger partial charge < -0.3 is 19.3 Å². The molecule has 0 unspecified atom stereocenters. The van der Waals surface area contributed by atoms with Crippen LogP contribution in [0, 0.1) is 6.92 Å². The lowest BCUT2D eigenvalue weighted by Crippen LogP contribution is -2.17. The van der Waals surface area contributed by atoms with Crippen LogP contribution < -0.4 is 0 Å². The molecule has 0 amide bonds. The molecule has 0 atom stereocenters. The van der Waals surface area contributed by atoms with E-state index in [9.17, 15) is 10.2 Å². The summed E-state index contributed by atoms with van der Waals surface area (Å²) in [5.74, 6) is 1.82. The molecule has 65 heavy (non-hydrogen) atoms. The number of nitrogens with zero attached hydrogens (tertiary/aromatic N) is 4. The van der Waals surface area contributed by atoms with Gasteiger partial charge in [0.2, 0.25) is 11.6 Å². The van der Waals surface area contributed by atoms with E-state index in [1.54, 1.807) is 6.07 Å². The summed E-state index contributed by atoms with van der Waals surface area (Å²) in [7, 11) is 0. The number of hydrogen-bond acceptors (Lipinski definition) is 8. The number of aromatic nitrogens is 4. The molecule has 0 saturated carbocycles. The number of phenols is 2. The lowest BCUT2D eigenvalue weighted by molar-refractivity contribution is 0.425. The minimum Gasteiger partial charge on any atom is -0.507 e. The molecule has 2 N–H and O–H groups in total. The molecule has 7 rings (SSSR count). The Morgan fingerprint density at radius 3 is 1.60 bits per heavy atom. The fraction of sp³-hybridized carbons (Fsp3) is 0.321. The van der Waals surface area contributed by atoms with Crippen LogP contribution in [-0.4, -0.2) is 30.5 Å². The Morgan fingerprint density at radius 1 is 0.569 bits per heavy atom. The number of halogens is 1. The lowest BCUT2D eigenvalue weighted by Gasteiger charge is -2.27. The molecule has 0 aliphatic rings. The van der Waals surface area contributed by atoms with Gasteiger partial charge in [0.25, 0.3) is 11.8 Å². The zero-order valence-electron chi connectivity index (χ0n) is 40.6. The average molecular weight is 894 g/mol. The fourth-order valence-corrected chi connectivity index (χ4v) is 7.21. The Hall–Kier alpha value is -6.25.